The molecule has 1 unspecified atom stereocenters. The summed E-state index contributed by atoms with van der Waals surface area (Å²) >= 11 is 0. The smallest absolute Gasteiger partial charge is 0.419 e. The molecule has 154 valence electrons. The van der Waals surface area contributed by atoms with E-state index in [4.69, 9.17) is 29.8 Å². The monoisotopic (exact) mass is 379 g/mol. The fourth-order valence-electron chi connectivity index (χ4n) is 1.70. The van der Waals surface area contributed by atoms with E-state index >= 15 is 0 Å². The number of rotatable bonds is 15. The minimum Gasteiger partial charge on any atom is -0.464 e. The van der Waals surface area contributed by atoms with Crippen LogP contribution in [0.1, 0.15) is 33.6 Å². The van der Waals surface area contributed by atoms with Gasteiger partial charge in [0.2, 0.25) is 0 Å². The quantitative estimate of drug-likeness (QED) is 0.179. The zero-order chi connectivity index (χ0) is 19.8. The molecule has 0 bridgehead atoms. The average molecular weight is 379 g/mol. The van der Waals surface area contributed by atoms with Crippen molar-refractivity contribution in [3.63, 3.8) is 0 Å². The predicted octanol–water partition coefficient (Wildman–Crippen LogP) is 0.258. The molecule has 0 aliphatic carbocycles. The minimum absolute atomic E-state index is 0.245. The van der Waals surface area contributed by atoms with Crippen LogP contribution in [-0.4, -0.2) is 75.0 Å². The van der Waals surface area contributed by atoms with Gasteiger partial charge in [-0.25, -0.2) is 10.2 Å². The standard InChI is InChI=1S/C16H33N3O7/c1-16(2,3)26-14(20)13(18-19-15(21)22)5-8-24-10-12-25-11-9-23-7-4-6-17/h13,18-19H,4-12,17H2,1-3H3,(H,21,22). The Labute approximate surface area is 154 Å². The van der Waals surface area contributed by atoms with Crippen molar-refractivity contribution in [3.05, 3.63) is 0 Å². The van der Waals surface area contributed by atoms with Crippen molar-refractivity contribution in [3.8, 4) is 0 Å². The molecular formula is C16H33N3O7. The van der Waals surface area contributed by atoms with Gasteiger partial charge < -0.3 is 29.8 Å². The zero-order valence-corrected chi connectivity index (χ0v) is 15.9. The van der Waals surface area contributed by atoms with Gasteiger partial charge in [0.25, 0.3) is 0 Å². The Bertz CT molecular complexity index is 389. The Hall–Kier alpha value is -1.46. The summed E-state index contributed by atoms with van der Waals surface area (Å²) in [5.41, 5.74) is 9.06. The number of nitrogens with one attached hydrogen (secondary N) is 2. The summed E-state index contributed by atoms with van der Waals surface area (Å²) in [5, 5.41) is 8.65. The molecule has 0 aliphatic heterocycles. The average Bonchev–Trinajstić information content (AvgIpc) is 2.53. The fraction of sp³-hybridized carbons (Fsp3) is 0.875. The van der Waals surface area contributed by atoms with Crippen molar-refractivity contribution in [1.29, 1.82) is 0 Å². The first-order chi connectivity index (χ1) is 12.3. The molecule has 0 fully saturated rings. The van der Waals surface area contributed by atoms with Gasteiger partial charge in [-0.2, -0.15) is 0 Å². The van der Waals surface area contributed by atoms with Gasteiger partial charge in [0.15, 0.2) is 0 Å². The first-order valence-electron chi connectivity index (χ1n) is 8.67. The van der Waals surface area contributed by atoms with Crippen LogP contribution in [0.2, 0.25) is 0 Å². The summed E-state index contributed by atoms with van der Waals surface area (Å²) in [6.45, 7) is 8.42. The van der Waals surface area contributed by atoms with Gasteiger partial charge in [0.1, 0.15) is 11.6 Å². The topological polar surface area (TPSA) is 141 Å². The first-order valence-corrected chi connectivity index (χ1v) is 8.67. The Morgan fingerprint density at radius 2 is 1.54 bits per heavy atom. The molecule has 26 heavy (non-hydrogen) atoms. The molecule has 1 amide bonds. The van der Waals surface area contributed by atoms with Gasteiger partial charge in [-0.3, -0.25) is 10.2 Å². The van der Waals surface area contributed by atoms with Gasteiger partial charge in [-0.05, 0) is 40.2 Å². The first kappa shape index (κ1) is 24.5. The highest BCUT2D eigenvalue weighted by Crippen LogP contribution is 2.09. The molecule has 1 atom stereocenters. The predicted molar refractivity (Wildman–Crippen MR) is 94.7 cm³/mol. The largest absolute Gasteiger partial charge is 0.464 e. The number of amides is 1. The van der Waals surface area contributed by atoms with Crippen LogP contribution in [0.15, 0.2) is 0 Å². The van der Waals surface area contributed by atoms with E-state index in [1.165, 1.54) is 0 Å². The van der Waals surface area contributed by atoms with E-state index in [0.717, 1.165) is 6.42 Å². The highest BCUT2D eigenvalue weighted by atomic mass is 16.6. The maximum atomic E-state index is 12.1. The van der Waals surface area contributed by atoms with Crippen LogP contribution in [0.4, 0.5) is 4.79 Å². The number of ether oxygens (including phenoxy) is 4. The lowest BCUT2D eigenvalue weighted by Gasteiger charge is -2.24. The van der Waals surface area contributed by atoms with Crippen molar-refractivity contribution in [2.24, 2.45) is 5.73 Å². The number of carbonyl (C=O) groups is 2. The van der Waals surface area contributed by atoms with Crippen molar-refractivity contribution in [1.82, 2.24) is 10.9 Å². The summed E-state index contributed by atoms with van der Waals surface area (Å²) in [4.78, 5) is 22.6. The summed E-state index contributed by atoms with van der Waals surface area (Å²) < 4.78 is 21.3. The molecule has 0 aromatic rings. The molecular weight excluding hydrogens is 346 g/mol. The second-order valence-corrected chi connectivity index (χ2v) is 6.43. The van der Waals surface area contributed by atoms with Gasteiger partial charge in [-0.15, -0.1) is 0 Å². The van der Waals surface area contributed by atoms with Gasteiger partial charge in [0, 0.05) is 13.2 Å². The summed E-state index contributed by atoms with van der Waals surface area (Å²) in [7, 11) is 0. The highest BCUT2D eigenvalue weighted by Gasteiger charge is 2.25. The summed E-state index contributed by atoms with van der Waals surface area (Å²) in [5.74, 6) is -0.555. The number of nitrogens with two attached hydrogens (primary N) is 1. The Morgan fingerprint density at radius 1 is 1.00 bits per heavy atom. The van der Waals surface area contributed by atoms with Crippen LogP contribution in [0.25, 0.3) is 0 Å². The van der Waals surface area contributed by atoms with Gasteiger partial charge in [0.05, 0.1) is 26.4 Å². The SMILES string of the molecule is CC(C)(C)OC(=O)C(CCOCCOCCOCCCN)NNC(=O)O. The molecule has 5 N–H and O–H groups in total. The van der Waals surface area contributed by atoms with Crippen molar-refractivity contribution in [2.45, 2.75) is 45.3 Å². The van der Waals surface area contributed by atoms with E-state index in [1.54, 1.807) is 20.8 Å². The van der Waals surface area contributed by atoms with Crippen molar-refractivity contribution < 1.29 is 33.6 Å². The molecule has 0 radical (unpaired) electrons. The lowest BCUT2D eigenvalue weighted by atomic mass is 10.1. The molecule has 0 aliphatic rings. The molecule has 0 saturated heterocycles. The minimum atomic E-state index is -1.29. The number of hydrazine groups is 1. The van der Waals surface area contributed by atoms with Crippen LogP contribution >= 0.6 is 0 Å². The van der Waals surface area contributed by atoms with E-state index < -0.39 is 23.7 Å². The van der Waals surface area contributed by atoms with Gasteiger partial charge >= 0.3 is 12.1 Å². The van der Waals surface area contributed by atoms with E-state index in [9.17, 15) is 9.59 Å². The molecule has 0 spiro atoms. The number of carboxylic acid groups (broad SMARTS) is 1. The van der Waals surface area contributed by atoms with Crippen LogP contribution in [0.5, 0.6) is 0 Å². The lowest BCUT2D eigenvalue weighted by Crippen LogP contribution is -2.50. The summed E-state index contributed by atoms with van der Waals surface area (Å²) in [6, 6.07) is -0.845. The molecule has 10 nitrogen and oxygen atoms in total. The Balaban J connectivity index is 3.88. The number of carbonyl (C=O) groups excluding carboxylic acids is 1. The molecule has 10 heteroatoms. The maximum Gasteiger partial charge on any atom is 0.419 e. The fourth-order valence-corrected chi connectivity index (χ4v) is 1.70. The molecule has 0 aromatic carbocycles. The Morgan fingerprint density at radius 3 is 2.04 bits per heavy atom. The third-order valence-electron chi connectivity index (χ3n) is 2.83. The third kappa shape index (κ3) is 16.0. The molecule has 0 aromatic heterocycles. The molecule has 0 rings (SSSR count). The zero-order valence-electron chi connectivity index (χ0n) is 15.9. The Kier molecular flexibility index (Phi) is 13.9. The van der Waals surface area contributed by atoms with E-state index in [2.05, 4.69) is 5.43 Å². The lowest BCUT2D eigenvalue weighted by molar-refractivity contribution is -0.158. The van der Waals surface area contributed by atoms with Gasteiger partial charge in [-0.1, -0.05) is 0 Å². The summed E-state index contributed by atoms with van der Waals surface area (Å²) in [6.07, 6.45) is -0.217. The van der Waals surface area contributed by atoms with Crippen LogP contribution in [0.3, 0.4) is 0 Å². The van der Waals surface area contributed by atoms with Crippen molar-refractivity contribution in [2.75, 3.05) is 46.2 Å². The molecule has 0 saturated carbocycles. The van der Waals surface area contributed by atoms with E-state index in [0.29, 0.717) is 39.6 Å². The number of hydrogen-bond donors (Lipinski definition) is 4. The maximum absolute atomic E-state index is 12.1. The second-order valence-electron chi connectivity index (χ2n) is 6.43. The van der Waals surface area contributed by atoms with E-state index in [1.807, 2.05) is 5.43 Å². The van der Waals surface area contributed by atoms with Crippen LogP contribution < -0.4 is 16.6 Å². The van der Waals surface area contributed by atoms with Crippen LogP contribution in [-0.2, 0) is 23.7 Å². The number of esters is 1. The molecule has 0 heterocycles. The van der Waals surface area contributed by atoms with E-state index in [-0.39, 0.29) is 13.0 Å². The van der Waals surface area contributed by atoms with Crippen molar-refractivity contribution >= 4 is 12.1 Å². The highest BCUT2D eigenvalue weighted by molar-refractivity contribution is 5.76. The number of hydrogen-bond acceptors (Lipinski definition) is 8. The third-order valence-corrected chi connectivity index (χ3v) is 2.83. The van der Waals surface area contributed by atoms with Crippen LogP contribution in [0, 0.1) is 0 Å². The normalized spacial score (nSPS) is 12.6. The second kappa shape index (κ2) is 14.7.